The molecule has 2 N–H and O–H groups in total. The predicted molar refractivity (Wildman–Crippen MR) is 138 cm³/mol. The number of aryl methyl sites for hydroxylation is 1. The number of nitrogens with zero attached hydrogens (tertiary/aromatic N) is 2. The Kier molecular flexibility index (Phi) is 5.58. The standard InChI is InChI=1S/C21H27NO3.C9H7N/c1-3-4-5-12-10-17(24)19-18-13(12)11-15-14-6-7-16(23)20(25-19)21(14,18)8-9-22(15)2;1-2-6-9-8(4-1)5-3-7-10-9/h6-7,10,14-16,20,23-24H,3-5,8-9,11H2,1-2H3;1-7H/t14-,15+,16-,20-,21-;/m0./s1. The van der Waals surface area contributed by atoms with Crippen LogP contribution in [-0.2, 0) is 18.3 Å². The number of hydrogen-bond donors (Lipinski definition) is 2. The van der Waals surface area contributed by atoms with Crippen molar-refractivity contribution in [3.05, 3.63) is 77.5 Å². The zero-order valence-corrected chi connectivity index (χ0v) is 20.5. The van der Waals surface area contributed by atoms with Crippen molar-refractivity contribution in [3.8, 4) is 11.5 Å². The molecule has 1 fully saturated rings. The van der Waals surface area contributed by atoms with Gasteiger partial charge in [0.25, 0.3) is 0 Å². The highest BCUT2D eigenvalue weighted by molar-refractivity contribution is 5.77. The van der Waals surface area contributed by atoms with Gasteiger partial charge in [0.05, 0.1) is 5.52 Å². The highest BCUT2D eigenvalue weighted by Gasteiger charge is 2.64. The molecule has 5 nitrogen and oxygen atoms in total. The highest BCUT2D eigenvalue weighted by atomic mass is 16.5. The van der Waals surface area contributed by atoms with Crippen LogP contribution in [0.4, 0.5) is 0 Å². The van der Waals surface area contributed by atoms with E-state index < -0.39 is 6.10 Å². The number of phenolic OH excluding ortho intramolecular Hbond substituents is 1. The second-order valence-electron chi connectivity index (χ2n) is 10.5. The summed E-state index contributed by atoms with van der Waals surface area (Å²) >= 11 is 0. The van der Waals surface area contributed by atoms with Gasteiger partial charge in [-0.3, -0.25) is 4.98 Å². The Morgan fingerprint density at radius 2 is 2.00 bits per heavy atom. The van der Waals surface area contributed by atoms with Gasteiger partial charge >= 0.3 is 0 Å². The Morgan fingerprint density at radius 1 is 1.17 bits per heavy atom. The van der Waals surface area contributed by atoms with Crippen LogP contribution in [0, 0.1) is 5.92 Å². The number of rotatable bonds is 3. The first-order valence-electron chi connectivity index (χ1n) is 13.0. The molecule has 3 aromatic rings. The summed E-state index contributed by atoms with van der Waals surface area (Å²) in [7, 11) is 2.22. The van der Waals surface area contributed by atoms with E-state index in [9.17, 15) is 10.2 Å². The maximum atomic E-state index is 10.7. The van der Waals surface area contributed by atoms with E-state index in [1.54, 1.807) is 0 Å². The van der Waals surface area contributed by atoms with Crippen LogP contribution in [0.1, 0.15) is 42.9 Å². The lowest BCUT2D eigenvalue weighted by molar-refractivity contribution is -0.0454. The summed E-state index contributed by atoms with van der Waals surface area (Å²) in [5, 5.41) is 22.5. The molecule has 0 saturated carbocycles. The molecule has 0 radical (unpaired) electrons. The Bertz CT molecular complexity index is 1220. The number of likely N-dealkylation sites (N-methyl/N-ethyl adjacent to an activating group) is 1. The van der Waals surface area contributed by atoms with Gasteiger partial charge in [0.2, 0.25) is 0 Å². The van der Waals surface area contributed by atoms with Crippen LogP contribution in [0.2, 0.25) is 0 Å². The fourth-order valence-electron chi connectivity index (χ4n) is 7.00. The summed E-state index contributed by atoms with van der Waals surface area (Å²) in [6.07, 6.45) is 10.4. The second kappa shape index (κ2) is 8.65. The summed E-state index contributed by atoms with van der Waals surface area (Å²) in [5.41, 5.74) is 4.78. The van der Waals surface area contributed by atoms with Gasteiger partial charge in [-0.2, -0.15) is 0 Å². The first-order chi connectivity index (χ1) is 17.0. The zero-order valence-electron chi connectivity index (χ0n) is 20.5. The molecule has 1 saturated heterocycles. The van der Waals surface area contributed by atoms with Gasteiger partial charge in [-0.15, -0.1) is 0 Å². The van der Waals surface area contributed by atoms with E-state index in [2.05, 4.69) is 42.1 Å². The monoisotopic (exact) mass is 470 g/mol. The highest BCUT2D eigenvalue weighted by Crippen LogP contribution is 2.63. The molecule has 5 heteroatoms. The number of ether oxygens (including phenoxy) is 1. The fraction of sp³-hybridized carbons (Fsp3) is 0.433. The molecule has 2 aliphatic carbocycles. The quantitative estimate of drug-likeness (QED) is 0.540. The molecule has 7 rings (SSSR count). The number of aromatic nitrogens is 1. The Balaban J connectivity index is 0.000000191. The summed E-state index contributed by atoms with van der Waals surface area (Å²) in [5.74, 6) is 1.27. The van der Waals surface area contributed by atoms with Gasteiger partial charge < -0.3 is 19.8 Å². The number of aliphatic hydroxyl groups excluding tert-OH is 1. The van der Waals surface area contributed by atoms with E-state index in [1.807, 2.05) is 42.6 Å². The minimum Gasteiger partial charge on any atom is -0.504 e. The molecule has 4 aliphatic rings. The third-order valence-electron chi connectivity index (χ3n) is 8.68. The number of para-hydroxylation sites is 1. The van der Waals surface area contributed by atoms with Crippen molar-refractivity contribution in [2.45, 2.75) is 62.7 Å². The van der Waals surface area contributed by atoms with Crippen LogP contribution in [0.15, 0.2) is 60.8 Å². The van der Waals surface area contributed by atoms with Gasteiger partial charge in [-0.1, -0.05) is 49.8 Å². The number of benzene rings is 2. The average molecular weight is 471 g/mol. The Hall–Kier alpha value is -2.89. The van der Waals surface area contributed by atoms with Crippen LogP contribution in [0.3, 0.4) is 0 Å². The van der Waals surface area contributed by atoms with E-state index in [0.717, 1.165) is 44.2 Å². The van der Waals surface area contributed by atoms with Gasteiger partial charge in [0.1, 0.15) is 12.2 Å². The van der Waals surface area contributed by atoms with Gasteiger partial charge in [-0.05, 0) is 68.6 Å². The van der Waals surface area contributed by atoms with E-state index in [4.69, 9.17) is 4.74 Å². The maximum Gasteiger partial charge on any atom is 0.165 e. The lowest BCUT2D eigenvalue weighted by Crippen LogP contribution is -2.64. The first-order valence-corrected chi connectivity index (χ1v) is 13.0. The number of pyridine rings is 1. The van der Waals surface area contributed by atoms with E-state index in [-0.39, 0.29) is 17.3 Å². The maximum absolute atomic E-state index is 10.7. The van der Waals surface area contributed by atoms with Crippen LogP contribution in [0.25, 0.3) is 10.9 Å². The van der Waals surface area contributed by atoms with Crippen LogP contribution in [-0.4, -0.2) is 51.9 Å². The van der Waals surface area contributed by atoms with Gasteiger partial charge in [0, 0.05) is 34.5 Å². The lowest BCUT2D eigenvalue weighted by atomic mass is 9.53. The van der Waals surface area contributed by atoms with Crippen LogP contribution in [0.5, 0.6) is 11.5 Å². The number of aliphatic hydroxyl groups is 1. The fourth-order valence-corrected chi connectivity index (χ4v) is 7.00. The number of unbranched alkanes of at least 4 members (excludes halogenated alkanes) is 1. The molecular formula is C30H34N2O3. The molecule has 5 atom stereocenters. The molecule has 3 heterocycles. The van der Waals surface area contributed by atoms with Crippen LogP contribution >= 0.6 is 0 Å². The summed E-state index contributed by atoms with van der Waals surface area (Å²) in [4.78, 5) is 6.66. The number of phenols is 1. The van der Waals surface area contributed by atoms with Crippen molar-refractivity contribution < 1.29 is 14.9 Å². The average Bonchev–Trinajstić information content (AvgIpc) is 3.24. The number of likely N-dealkylation sites (tertiary alicyclic amines) is 1. The lowest BCUT2D eigenvalue weighted by Gasteiger charge is -2.56. The van der Waals surface area contributed by atoms with Crippen LogP contribution < -0.4 is 4.74 Å². The van der Waals surface area contributed by atoms with Crippen molar-refractivity contribution in [2.24, 2.45) is 5.92 Å². The summed E-state index contributed by atoms with van der Waals surface area (Å²) < 4.78 is 6.25. The molecule has 2 aromatic carbocycles. The largest absolute Gasteiger partial charge is 0.504 e. The Morgan fingerprint density at radius 3 is 2.83 bits per heavy atom. The van der Waals surface area contributed by atoms with Crippen molar-refractivity contribution in [3.63, 3.8) is 0 Å². The minimum atomic E-state index is -0.600. The van der Waals surface area contributed by atoms with Crippen molar-refractivity contribution in [2.75, 3.05) is 13.6 Å². The molecule has 2 bridgehead atoms. The summed E-state index contributed by atoms with van der Waals surface area (Å²) in [6.45, 7) is 3.22. The molecule has 182 valence electrons. The second-order valence-corrected chi connectivity index (χ2v) is 10.5. The molecular weight excluding hydrogens is 436 g/mol. The zero-order chi connectivity index (χ0) is 24.2. The SMILES string of the molecule is CCCCc1cc(O)c2c3c1C[C@@H]1[C@@H]4C=C[C@H](O)[C@H](O2)[C@]34CCN1C.c1ccc2ncccc2c1. The molecule has 1 aromatic heterocycles. The molecule has 0 unspecified atom stereocenters. The van der Waals surface area contributed by atoms with E-state index >= 15 is 0 Å². The van der Waals surface area contributed by atoms with Gasteiger partial charge in [-0.25, -0.2) is 0 Å². The number of piperidine rings is 1. The molecule has 0 amide bonds. The van der Waals surface area contributed by atoms with E-state index in [1.165, 1.54) is 22.1 Å². The number of fused-ring (bicyclic) bond motifs is 1. The topological polar surface area (TPSA) is 65.8 Å². The molecule has 2 aliphatic heterocycles. The molecule has 1 spiro atoms. The normalized spacial score (nSPS) is 29.8. The van der Waals surface area contributed by atoms with Crippen molar-refractivity contribution >= 4 is 10.9 Å². The molecule has 35 heavy (non-hydrogen) atoms. The van der Waals surface area contributed by atoms with Gasteiger partial charge in [0.15, 0.2) is 11.5 Å². The minimum absolute atomic E-state index is 0.173. The summed E-state index contributed by atoms with van der Waals surface area (Å²) in [6, 6.07) is 14.5. The smallest absolute Gasteiger partial charge is 0.165 e. The van der Waals surface area contributed by atoms with Crippen molar-refractivity contribution in [1.82, 2.24) is 9.88 Å². The first kappa shape index (κ1) is 22.6. The van der Waals surface area contributed by atoms with E-state index in [0.29, 0.717) is 17.7 Å². The predicted octanol–water partition coefficient (Wildman–Crippen LogP) is 4.78. The third-order valence-corrected chi connectivity index (χ3v) is 8.68. The number of hydrogen-bond acceptors (Lipinski definition) is 5. The third kappa shape index (κ3) is 3.40. The van der Waals surface area contributed by atoms with Crippen molar-refractivity contribution in [1.29, 1.82) is 0 Å². The Labute approximate surface area is 207 Å². The number of aromatic hydroxyl groups is 1.